The molecule has 5 atom stereocenters. The van der Waals surface area contributed by atoms with Gasteiger partial charge < -0.3 is 76.5 Å². The van der Waals surface area contributed by atoms with Gasteiger partial charge in [0.1, 0.15) is 11.6 Å². The predicted molar refractivity (Wildman–Crippen MR) is 521 cm³/mol. The molecule has 5 unspecified atom stereocenters. The molecule has 3 saturated heterocycles. The van der Waals surface area contributed by atoms with Crippen LogP contribution in [-0.4, -0.2) is 160 Å². The normalized spacial score (nSPS) is 26.6. The Morgan fingerprint density at radius 1 is 0.336 bits per heavy atom. The first-order valence-corrected chi connectivity index (χ1v) is 48.3. The molecule has 0 aromatic heterocycles. The van der Waals surface area contributed by atoms with Gasteiger partial charge in [-0.05, 0) is 263 Å². The van der Waals surface area contributed by atoms with E-state index in [9.17, 15) is 73.5 Å². The van der Waals surface area contributed by atoms with Crippen LogP contribution >= 0.6 is 116 Å². The summed E-state index contributed by atoms with van der Waals surface area (Å²) in [5, 5.41) is 70.5. The van der Waals surface area contributed by atoms with Crippen molar-refractivity contribution in [3.05, 3.63) is 228 Å². The van der Waals surface area contributed by atoms with Crippen LogP contribution in [0, 0.1) is 17.8 Å². The molecule has 22 rings (SSSR count). The molecule has 14 aliphatic rings. The Morgan fingerprint density at radius 3 is 0.858 bits per heavy atom. The molecule has 8 aromatic rings. The zero-order valence-corrected chi connectivity index (χ0v) is 81.3. The Morgan fingerprint density at radius 2 is 0.590 bits per heavy atom. The number of carbonyl (C=O) groups excluding carboxylic acids is 10. The van der Waals surface area contributed by atoms with Gasteiger partial charge in [-0.25, -0.2) is 0 Å². The van der Waals surface area contributed by atoms with Gasteiger partial charge in [-0.15, -0.1) is 0 Å². The van der Waals surface area contributed by atoms with Crippen LogP contribution in [0.3, 0.4) is 0 Å². The van der Waals surface area contributed by atoms with Crippen molar-refractivity contribution in [3.63, 3.8) is 0 Å². The molecule has 134 heavy (non-hydrogen) atoms. The standard InChI is InChI=1S/C21H20Cl2N2O3.C20H24Cl2N2O3.C20H18Cl2N2O3.C19H16Cl2N2O3.C19H21Cl2NO4/c1-12-10-13(4-7-16(12)25-8-2-3-9-25)17(26)11-21(28)18-14(22)5-6-15(23)19(18)24-20(21)27;1-24(2)19-8-5-18(6-9-19,7-10-19)14(25)11-20(27)15-12(21)3-4-13(22)16(15)23-17(20)26;21-14-7-8-15(22)18-17(14)20(27,19(26)23-18)11-16(25)12-3-5-13(6-4-12)24-9-1-2-10-24;20-13-6-7-14(21)17-16(13)19(26,18(25)22-17)10-15(24)11-2-4-12(5-3-11)23-8-1-9-23;1-26-18-7-4-17(5-8-18,6-9-18)13(23)10-19(25)14-11(20)2-3-12(21)15(14)22-16(19)24/h4-7,10,28H,2-3,8-9,11H2,1H3,(H,24,27);3-4,27H,5-11H2,1-2H3,(H,23,26);3-8,27H,1-2,9-11H2,(H,23,26);2-7,26H,1,8-10H2,(H,22,25);2-3,25H,4-10H2,1H3,(H,22,24). The SMILES string of the molecule is CN(C)C12CCC(C(=O)CC3(O)C(=O)Nc4c(Cl)ccc(Cl)c43)(CC1)CC2.COC12CCC(C(=O)CC3(O)C(=O)Nc4c(Cl)ccc(Cl)c43)(CC1)CC2.Cc1cc(C(=O)CC2(O)C(=O)Nc3c(Cl)ccc(Cl)c32)ccc1N1CCCC1.O=C(CC1(O)C(=O)Nc2c(Cl)ccc(Cl)c21)c1ccc(N2CCC2)cc1.O=C(CC1(O)C(=O)Nc2c(Cl)ccc(Cl)c21)c1ccc(N2CCCC2)cc1. The number of hydrogen-bond acceptors (Lipinski definition) is 20. The number of hydrogen-bond donors (Lipinski definition) is 10. The maximum atomic E-state index is 13.3. The fourth-order valence-electron chi connectivity index (χ4n) is 21.3. The molecule has 10 N–H and O–H groups in total. The lowest BCUT2D eigenvalue weighted by Gasteiger charge is -2.55. The van der Waals surface area contributed by atoms with E-state index in [4.69, 9.17) is 121 Å². The number of fused-ring (bicyclic) bond motifs is 11. The highest BCUT2D eigenvalue weighted by molar-refractivity contribution is 6.42. The van der Waals surface area contributed by atoms with Gasteiger partial charge in [-0.1, -0.05) is 116 Å². The molecular weight excluding hydrogens is 1930 g/mol. The quantitative estimate of drug-likeness (QED) is 0.0317. The van der Waals surface area contributed by atoms with Crippen LogP contribution in [0.2, 0.25) is 50.2 Å². The summed E-state index contributed by atoms with van der Waals surface area (Å²) in [5.74, 6) is -4.53. The average molecular weight is 2030 g/mol. The zero-order valence-electron chi connectivity index (χ0n) is 73.7. The summed E-state index contributed by atoms with van der Waals surface area (Å²) in [6.45, 7) is 8.07. The number of ether oxygens (including phenoxy) is 1. The van der Waals surface area contributed by atoms with E-state index in [-0.39, 0.29) is 138 Å². The lowest BCUT2D eigenvalue weighted by molar-refractivity contribution is -0.158. The van der Waals surface area contributed by atoms with Gasteiger partial charge in [0.15, 0.2) is 45.4 Å². The second kappa shape index (κ2) is 38.0. The number of halogens is 10. The lowest BCUT2D eigenvalue weighted by Crippen LogP contribution is -2.56. The van der Waals surface area contributed by atoms with Crippen molar-refractivity contribution in [2.75, 3.05) is 102 Å². The Labute approximate surface area is 824 Å². The van der Waals surface area contributed by atoms with E-state index in [1.165, 1.54) is 74.6 Å². The Balaban J connectivity index is 0.000000122. The molecule has 0 spiro atoms. The number of anilines is 8. The van der Waals surface area contributed by atoms with Gasteiger partial charge in [0.25, 0.3) is 29.5 Å². The number of Topliss-reactive ketones (excluding diaryl/α,β-unsaturated/α-hetero) is 5. The van der Waals surface area contributed by atoms with Crippen molar-refractivity contribution < 1.29 is 78.2 Å². The predicted octanol–water partition coefficient (Wildman–Crippen LogP) is 19.5. The molecule has 0 radical (unpaired) electrons. The minimum Gasteiger partial charge on any atom is -0.378 e. The highest BCUT2D eigenvalue weighted by atomic mass is 35.5. The van der Waals surface area contributed by atoms with Gasteiger partial charge in [0.2, 0.25) is 0 Å². The van der Waals surface area contributed by atoms with E-state index in [1.807, 2.05) is 43.3 Å². The lowest BCUT2D eigenvalue weighted by atomic mass is 9.54. The third-order valence-electron chi connectivity index (χ3n) is 29.7. The van der Waals surface area contributed by atoms with Crippen LogP contribution in [0.1, 0.15) is 206 Å². The summed E-state index contributed by atoms with van der Waals surface area (Å²) in [6, 6.07) is 35.3. The molecular formula is C99H99Cl10N9O16. The smallest absolute Gasteiger partial charge is 0.261 e. The maximum Gasteiger partial charge on any atom is 0.261 e. The molecule has 6 saturated carbocycles. The van der Waals surface area contributed by atoms with Crippen molar-refractivity contribution in [1.82, 2.24) is 4.90 Å². The van der Waals surface area contributed by atoms with Crippen molar-refractivity contribution in [1.29, 1.82) is 0 Å². The third-order valence-corrected chi connectivity index (χ3v) is 32.9. The van der Waals surface area contributed by atoms with Crippen LogP contribution in [0.4, 0.5) is 45.5 Å². The van der Waals surface area contributed by atoms with E-state index in [1.54, 1.807) is 55.6 Å². The topological polar surface area (TPSA) is 354 Å². The maximum absolute atomic E-state index is 13.3. The molecule has 8 aromatic carbocycles. The van der Waals surface area contributed by atoms with Crippen molar-refractivity contribution in [3.8, 4) is 0 Å². The number of aliphatic hydroxyl groups is 5. The van der Waals surface area contributed by atoms with E-state index < -0.39 is 87.6 Å². The van der Waals surface area contributed by atoms with Crippen LogP contribution < -0.4 is 41.3 Å². The minimum atomic E-state index is -2.05. The van der Waals surface area contributed by atoms with E-state index in [2.05, 4.69) is 60.3 Å². The molecule has 6 aliphatic carbocycles. The number of amides is 5. The van der Waals surface area contributed by atoms with Gasteiger partial charge in [0.05, 0.1) is 78.4 Å². The zero-order chi connectivity index (χ0) is 96.1. The van der Waals surface area contributed by atoms with Crippen LogP contribution in [0.25, 0.3) is 0 Å². The number of nitrogens with one attached hydrogen (secondary N) is 5. The second-order valence-electron chi connectivity index (χ2n) is 37.4. The molecule has 25 nitrogen and oxygen atoms in total. The van der Waals surface area contributed by atoms with E-state index >= 15 is 0 Å². The first kappa shape index (κ1) is 98.5. The number of benzene rings is 8. The first-order chi connectivity index (χ1) is 63.5. The number of rotatable bonds is 20. The number of methoxy groups -OCH3 is 1. The first-order valence-electron chi connectivity index (χ1n) is 44.6. The van der Waals surface area contributed by atoms with E-state index in [0.717, 1.165) is 139 Å². The molecule has 8 heterocycles. The van der Waals surface area contributed by atoms with Crippen LogP contribution in [0.5, 0.6) is 0 Å². The molecule has 35 heteroatoms. The Hall–Kier alpha value is -8.52. The summed E-state index contributed by atoms with van der Waals surface area (Å²) in [4.78, 5) is 136. The molecule has 9 fully saturated rings. The summed E-state index contributed by atoms with van der Waals surface area (Å²) >= 11 is 61.6. The van der Waals surface area contributed by atoms with Gasteiger partial charge in [-0.3, -0.25) is 47.9 Å². The largest absolute Gasteiger partial charge is 0.378 e. The summed E-state index contributed by atoms with van der Waals surface area (Å²) in [7, 11) is 5.94. The fraction of sp³-hybridized carbons (Fsp3) is 0.414. The van der Waals surface area contributed by atoms with Crippen molar-refractivity contribution in [2.24, 2.45) is 10.8 Å². The number of ketones is 5. The number of nitrogens with zero attached hydrogens (tertiary/aromatic N) is 4. The van der Waals surface area contributed by atoms with Gasteiger partial charge in [-0.2, -0.15) is 0 Å². The number of aryl methyl sites for hydroxylation is 1. The summed E-state index contributed by atoms with van der Waals surface area (Å²) in [6.07, 6.45) is 14.1. The highest BCUT2D eigenvalue weighted by Gasteiger charge is 2.60. The molecule has 4 bridgehead atoms. The highest BCUT2D eigenvalue weighted by Crippen LogP contribution is 2.60. The summed E-state index contributed by atoms with van der Waals surface area (Å²) in [5.41, 5.74) is -3.06. The Bertz CT molecular complexity index is 6120. The molecule has 8 aliphatic heterocycles. The molecule has 5 amide bonds. The van der Waals surface area contributed by atoms with Crippen LogP contribution in [-0.2, 0) is 66.3 Å². The van der Waals surface area contributed by atoms with Crippen LogP contribution in [0.15, 0.2) is 127 Å². The minimum absolute atomic E-state index is 0.0453. The summed E-state index contributed by atoms with van der Waals surface area (Å²) < 4.78 is 5.68. The Kier molecular flexibility index (Phi) is 27.9. The van der Waals surface area contributed by atoms with Gasteiger partial charge >= 0.3 is 0 Å². The molecule has 706 valence electrons. The number of carbonyl (C=O) groups is 10. The second-order valence-corrected chi connectivity index (χ2v) is 41.4. The fourth-order valence-corrected chi connectivity index (χ4v) is 23.9. The van der Waals surface area contributed by atoms with E-state index in [0.29, 0.717) is 38.1 Å². The van der Waals surface area contributed by atoms with Gasteiger partial charge in [0, 0.05) is 162 Å². The monoisotopic (exact) mass is 2020 g/mol. The van der Waals surface area contributed by atoms with Crippen molar-refractivity contribution in [2.45, 2.75) is 187 Å². The third kappa shape index (κ3) is 17.9. The average Bonchev–Trinajstić information content (AvgIpc) is 1.32. The van der Waals surface area contributed by atoms with Crippen molar-refractivity contribution >= 4 is 220 Å².